The van der Waals surface area contributed by atoms with Crippen LogP contribution in [0.3, 0.4) is 0 Å². The van der Waals surface area contributed by atoms with Crippen LogP contribution in [0.4, 0.5) is 26.3 Å². The van der Waals surface area contributed by atoms with Crippen molar-refractivity contribution < 1.29 is 39.9 Å². The molecule has 0 saturated heterocycles. The summed E-state index contributed by atoms with van der Waals surface area (Å²) in [5.41, 5.74) is 0. The molecule has 2 unspecified atom stereocenters. The van der Waals surface area contributed by atoms with Crippen LogP contribution in [0.15, 0.2) is 58.4 Å². The Morgan fingerprint density at radius 3 is 1.48 bits per heavy atom. The van der Waals surface area contributed by atoms with Gasteiger partial charge in [-0.1, -0.05) is 0 Å². The number of halogens is 6. The van der Waals surface area contributed by atoms with E-state index in [-0.39, 0.29) is 24.6 Å². The van der Waals surface area contributed by atoms with E-state index in [1.54, 1.807) is 0 Å². The van der Waals surface area contributed by atoms with Crippen LogP contribution in [-0.2, 0) is 17.8 Å². The Kier molecular flexibility index (Phi) is 5.97. The van der Waals surface area contributed by atoms with Crippen LogP contribution in [0, 0.1) is 0 Å². The van der Waals surface area contributed by atoms with Crippen molar-refractivity contribution in [1.82, 2.24) is 29.5 Å². The second-order valence-corrected chi connectivity index (χ2v) is 6.77. The maximum Gasteiger partial charge on any atom is 0.421 e. The number of hydrogen-bond donors (Lipinski definition) is 0. The Morgan fingerprint density at radius 2 is 1.15 bits per heavy atom. The van der Waals surface area contributed by atoms with Gasteiger partial charge in [0.1, 0.15) is 61.4 Å². The summed E-state index contributed by atoms with van der Waals surface area (Å²) in [5, 5.41) is 7.57. The zero-order valence-corrected chi connectivity index (χ0v) is 16.4. The molecule has 176 valence electrons. The predicted molar refractivity (Wildman–Crippen MR) is 94.3 cm³/mol. The van der Waals surface area contributed by atoms with Gasteiger partial charge in [0.25, 0.3) is 0 Å². The van der Waals surface area contributed by atoms with Gasteiger partial charge in [-0.05, 0) is 24.3 Å². The fourth-order valence-corrected chi connectivity index (χ4v) is 2.94. The molecule has 4 rings (SSSR count). The van der Waals surface area contributed by atoms with E-state index in [4.69, 9.17) is 8.83 Å². The minimum atomic E-state index is -5.21. The molecule has 0 saturated carbocycles. The number of alkyl halides is 6. The standard InChI is InChI=1S/C18H14F6N6O3/c19-17(20,21)15(13-3-1-11(31-13)5-29-9-25-7-27-29)33-16(18(22,23)24)14-4-2-12(32-14)6-30-10-26-8-28-30/h1-4,7-10,15-16H,5-6H2. The van der Waals surface area contributed by atoms with Crippen molar-refractivity contribution in [3.8, 4) is 0 Å². The summed E-state index contributed by atoms with van der Waals surface area (Å²) in [5.74, 6) is -1.66. The molecule has 0 aliphatic carbocycles. The topological polar surface area (TPSA) is 96.9 Å². The van der Waals surface area contributed by atoms with Crippen LogP contribution in [0.25, 0.3) is 0 Å². The Labute approximate surface area is 180 Å². The third-order valence-corrected chi connectivity index (χ3v) is 4.32. The summed E-state index contributed by atoms with van der Waals surface area (Å²) in [4.78, 5) is 7.37. The van der Waals surface area contributed by atoms with Crippen LogP contribution < -0.4 is 0 Å². The molecule has 4 heterocycles. The lowest BCUT2D eigenvalue weighted by atomic mass is 10.2. The molecule has 15 heteroatoms. The maximum absolute atomic E-state index is 13.7. The fraction of sp³-hybridized carbons (Fsp3) is 0.333. The van der Waals surface area contributed by atoms with Crippen molar-refractivity contribution in [2.75, 3.05) is 0 Å². The lowest BCUT2D eigenvalue weighted by molar-refractivity contribution is -0.298. The smallest absolute Gasteiger partial charge is 0.421 e. The summed E-state index contributed by atoms with van der Waals surface area (Å²) in [7, 11) is 0. The van der Waals surface area contributed by atoms with Gasteiger partial charge in [-0.3, -0.25) is 0 Å². The molecule has 33 heavy (non-hydrogen) atoms. The number of furan rings is 2. The van der Waals surface area contributed by atoms with Gasteiger partial charge in [0, 0.05) is 0 Å². The van der Waals surface area contributed by atoms with Gasteiger partial charge in [-0.25, -0.2) is 19.3 Å². The van der Waals surface area contributed by atoms with E-state index in [1.165, 1.54) is 46.8 Å². The minimum absolute atomic E-state index is 0.0185. The van der Waals surface area contributed by atoms with Crippen LogP contribution in [0.1, 0.15) is 35.2 Å². The first kappa shape index (κ1) is 22.6. The zero-order valence-electron chi connectivity index (χ0n) is 16.4. The van der Waals surface area contributed by atoms with E-state index in [2.05, 4.69) is 24.9 Å². The normalized spacial score (nSPS) is 14.5. The lowest BCUT2D eigenvalue weighted by Crippen LogP contribution is -2.31. The van der Waals surface area contributed by atoms with Crippen molar-refractivity contribution in [2.45, 2.75) is 37.7 Å². The van der Waals surface area contributed by atoms with Crippen molar-refractivity contribution in [2.24, 2.45) is 0 Å². The van der Waals surface area contributed by atoms with Crippen molar-refractivity contribution >= 4 is 0 Å². The van der Waals surface area contributed by atoms with Crippen molar-refractivity contribution in [1.29, 1.82) is 0 Å². The van der Waals surface area contributed by atoms with E-state index in [0.29, 0.717) is 0 Å². The molecular weight excluding hydrogens is 462 g/mol. The SMILES string of the molecule is FC(F)(F)C(OC(c1ccc(Cn2cncn2)o1)C(F)(F)F)c1ccc(Cn2cncn2)o1. The van der Waals surface area contributed by atoms with Gasteiger partial charge >= 0.3 is 12.4 Å². The molecule has 0 amide bonds. The van der Waals surface area contributed by atoms with Gasteiger partial charge in [-0.15, -0.1) is 0 Å². The molecule has 4 aromatic heterocycles. The second-order valence-electron chi connectivity index (χ2n) is 6.77. The number of nitrogens with zero attached hydrogens (tertiary/aromatic N) is 6. The van der Waals surface area contributed by atoms with Crippen LogP contribution in [-0.4, -0.2) is 41.9 Å². The number of hydrogen-bond acceptors (Lipinski definition) is 7. The monoisotopic (exact) mass is 476 g/mol. The van der Waals surface area contributed by atoms with E-state index < -0.39 is 36.1 Å². The van der Waals surface area contributed by atoms with Gasteiger partial charge in [0.05, 0.1) is 0 Å². The molecule has 4 aromatic rings. The molecule has 0 aromatic carbocycles. The van der Waals surface area contributed by atoms with Gasteiger partial charge in [0.2, 0.25) is 12.2 Å². The molecule has 0 N–H and O–H groups in total. The summed E-state index contributed by atoms with van der Waals surface area (Å²) >= 11 is 0. The van der Waals surface area contributed by atoms with Crippen LogP contribution >= 0.6 is 0 Å². The predicted octanol–water partition coefficient (Wildman–Crippen LogP) is 4.08. The highest BCUT2D eigenvalue weighted by molar-refractivity contribution is 5.14. The third-order valence-electron chi connectivity index (χ3n) is 4.32. The molecule has 0 fully saturated rings. The third kappa shape index (κ3) is 5.42. The second kappa shape index (κ2) is 8.73. The number of ether oxygens (including phenoxy) is 1. The van der Waals surface area contributed by atoms with Gasteiger partial charge in [-0.2, -0.15) is 36.5 Å². The van der Waals surface area contributed by atoms with Gasteiger partial charge in [0.15, 0.2) is 0 Å². The van der Waals surface area contributed by atoms with E-state index in [0.717, 1.165) is 12.1 Å². The molecule has 2 atom stereocenters. The maximum atomic E-state index is 13.7. The van der Waals surface area contributed by atoms with Crippen LogP contribution in [0.2, 0.25) is 0 Å². The Hall–Kier alpha value is -3.62. The molecular formula is C18H14F6N6O3. The van der Waals surface area contributed by atoms with Crippen molar-refractivity contribution in [3.63, 3.8) is 0 Å². The molecule has 0 radical (unpaired) electrons. The Balaban J connectivity index is 1.58. The zero-order chi connectivity index (χ0) is 23.6. The fourth-order valence-electron chi connectivity index (χ4n) is 2.94. The number of aromatic nitrogens is 6. The first-order valence-electron chi connectivity index (χ1n) is 9.20. The van der Waals surface area contributed by atoms with Crippen molar-refractivity contribution in [3.05, 3.63) is 72.6 Å². The van der Waals surface area contributed by atoms with E-state index in [9.17, 15) is 26.3 Å². The Morgan fingerprint density at radius 1 is 0.727 bits per heavy atom. The first-order valence-corrected chi connectivity index (χ1v) is 9.20. The largest absolute Gasteiger partial charge is 0.461 e. The minimum Gasteiger partial charge on any atom is -0.461 e. The highest BCUT2D eigenvalue weighted by atomic mass is 19.4. The lowest BCUT2D eigenvalue weighted by Gasteiger charge is -2.25. The van der Waals surface area contributed by atoms with Gasteiger partial charge < -0.3 is 13.6 Å². The summed E-state index contributed by atoms with van der Waals surface area (Å²) in [6, 6.07) is 4.17. The highest BCUT2D eigenvalue weighted by Crippen LogP contribution is 2.45. The summed E-state index contributed by atoms with van der Waals surface area (Å²) < 4.78 is 99.4. The van der Waals surface area contributed by atoms with E-state index >= 15 is 0 Å². The van der Waals surface area contributed by atoms with Crippen LogP contribution in [0.5, 0.6) is 0 Å². The summed E-state index contributed by atoms with van der Waals surface area (Å²) in [6.45, 7) is -0.145. The highest BCUT2D eigenvalue weighted by Gasteiger charge is 2.52. The molecule has 0 spiro atoms. The molecule has 9 nitrogen and oxygen atoms in total. The quantitative estimate of drug-likeness (QED) is 0.354. The van der Waals surface area contributed by atoms with E-state index in [1.807, 2.05) is 0 Å². The summed E-state index contributed by atoms with van der Waals surface area (Å²) in [6.07, 6.45) is -11.4. The first-order chi connectivity index (χ1) is 15.6. The average Bonchev–Trinajstić information content (AvgIpc) is 3.49. The molecule has 0 bridgehead atoms. The molecule has 0 aliphatic rings. The average molecular weight is 476 g/mol. The number of rotatable bonds is 8. The molecule has 0 aliphatic heterocycles. The Bertz CT molecular complexity index is 1060.